The Morgan fingerprint density at radius 2 is 2.28 bits per heavy atom. The largest absolute Gasteiger partial charge is 0.394 e. The van der Waals surface area contributed by atoms with Crippen LogP contribution in [0.25, 0.3) is 0 Å². The summed E-state index contributed by atoms with van der Waals surface area (Å²) in [6.45, 7) is 5.27. The van der Waals surface area contributed by atoms with Gasteiger partial charge in [0.15, 0.2) is 0 Å². The van der Waals surface area contributed by atoms with Crippen LogP contribution in [0, 0.1) is 0 Å². The lowest BCUT2D eigenvalue weighted by molar-refractivity contribution is 0.0658. The first-order valence-electron chi connectivity index (χ1n) is 7.37. The predicted molar refractivity (Wildman–Crippen MR) is 72.7 cm³/mol. The van der Waals surface area contributed by atoms with Gasteiger partial charge in [0.1, 0.15) is 0 Å². The monoisotopic (exact) mass is 256 g/mol. The van der Waals surface area contributed by atoms with Crippen molar-refractivity contribution in [2.24, 2.45) is 0 Å². The third-order valence-corrected chi connectivity index (χ3v) is 4.58. The number of likely N-dealkylation sites (N-methyl/N-ethyl adjacent to an activating group) is 2. The van der Waals surface area contributed by atoms with Crippen LogP contribution in [-0.4, -0.2) is 61.0 Å². The molecule has 3 atom stereocenters. The zero-order valence-electron chi connectivity index (χ0n) is 11.8. The molecule has 1 heterocycles. The molecule has 3 unspecified atom stereocenters. The Kier molecular flexibility index (Phi) is 5.01. The molecule has 4 heteroatoms. The van der Waals surface area contributed by atoms with Crippen LogP contribution < -0.4 is 5.32 Å². The van der Waals surface area contributed by atoms with E-state index in [0.29, 0.717) is 12.1 Å². The molecule has 2 rings (SSSR count). The molecule has 106 valence electrons. The summed E-state index contributed by atoms with van der Waals surface area (Å²) in [7, 11) is 2.20. The van der Waals surface area contributed by atoms with Gasteiger partial charge in [-0.3, -0.25) is 0 Å². The van der Waals surface area contributed by atoms with Crippen molar-refractivity contribution in [2.75, 3.05) is 33.4 Å². The Hall–Kier alpha value is -0.160. The number of rotatable bonds is 6. The fraction of sp³-hybridized carbons (Fsp3) is 1.00. The lowest BCUT2D eigenvalue weighted by Crippen LogP contribution is -2.48. The molecule has 1 saturated carbocycles. The van der Waals surface area contributed by atoms with Gasteiger partial charge in [-0.2, -0.15) is 0 Å². The minimum Gasteiger partial charge on any atom is -0.394 e. The van der Waals surface area contributed by atoms with E-state index in [1.165, 1.54) is 19.3 Å². The van der Waals surface area contributed by atoms with Crippen LogP contribution in [0.15, 0.2) is 0 Å². The quantitative estimate of drug-likeness (QED) is 0.744. The van der Waals surface area contributed by atoms with Crippen LogP contribution in [0.4, 0.5) is 0 Å². The Morgan fingerprint density at radius 3 is 2.89 bits per heavy atom. The molecule has 0 aromatic carbocycles. The molecule has 1 aliphatic carbocycles. The maximum Gasteiger partial charge on any atom is 0.0702 e. The van der Waals surface area contributed by atoms with E-state index in [4.69, 9.17) is 4.74 Å². The molecule has 2 N–H and O–H groups in total. The third-order valence-electron chi connectivity index (χ3n) is 4.58. The zero-order chi connectivity index (χ0) is 13.0. The summed E-state index contributed by atoms with van der Waals surface area (Å²) in [4.78, 5) is 2.44. The standard InChI is InChI=1S/C14H28N2O2/c1-3-15-14(11-17)7-6-12(9-14)16(2)10-13-5-4-8-18-13/h12-13,15,17H,3-11H2,1-2H3. The molecule has 4 nitrogen and oxygen atoms in total. The van der Waals surface area contributed by atoms with E-state index >= 15 is 0 Å². The highest BCUT2D eigenvalue weighted by molar-refractivity contribution is 4.99. The van der Waals surface area contributed by atoms with Crippen molar-refractivity contribution in [3.05, 3.63) is 0 Å². The molecule has 0 aromatic rings. The minimum absolute atomic E-state index is 0.0375. The van der Waals surface area contributed by atoms with Crippen molar-refractivity contribution in [1.29, 1.82) is 0 Å². The van der Waals surface area contributed by atoms with Gasteiger partial charge in [-0.05, 0) is 45.7 Å². The molecule has 2 fully saturated rings. The molecule has 0 amide bonds. The lowest BCUT2D eigenvalue weighted by atomic mass is 9.98. The Bertz CT molecular complexity index is 256. The first-order chi connectivity index (χ1) is 8.69. The van der Waals surface area contributed by atoms with Gasteiger partial charge in [0.2, 0.25) is 0 Å². The smallest absolute Gasteiger partial charge is 0.0702 e. The van der Waals surface area contributed by atoms with Gasteiger partial charge in [-0.25, -0.2) is 0 Å². The van der Waals surface area contributed by atoms with E-state index < -0.39 is 0 Å². The SMILES string of the molecule is CCNC1(CO)CCC(N(C)CC2CCCO2)C1. The molecule has 2 aliphatic rings. The van der Waals surface area contributed by atoms with E-state index in [2.05, 4.69) is 24.2 Å². The fourth-order valence-electron chi connectivity index (χ4n) is 3.47. The minimum atomic E-state index is -0.0375. The van der Waals surface area contributed by atoms with Gasteiger partial charge in [0, 0.05) is 24.7 Å². The number of ether oxygens (including phenoxy) is 1. The van der Waals surface area contributed by atoms with Crippen LogP contribution in [0.2, 0.25) is 0 Å². The van der Waals surface area contributed by atoms with E-state index in [1.807, 2.05) is 0 Å². The highest BCUT2D eigenvalue weighted by Crippen LogP contribution is 2.32. The van der Waals surface area contributed by atoms with Crippen LogP contribution in [0.1, 0.15) is 39.0 Å². The Balaban J connectivity index is 1.82. The summed E-state index contributed by atoms with van der Waals surface area (Å²) >= 11 is 0. The van der Waals surface area contributed by atoms with Crippen LogP contribution in [0.5, 0.6) is 0 Å². The number of nitrogens with zero attached hydrogens (tertiary/aromatic N) is 1. The summed E-state index contributed by atoms with van der Waals surface area (Å²) in [6, 6.07) is 0.584. The van der Waals surface area contributed by atoms with Crippen LogP contribution in [0.3, 0.4) is 0 Å². The van der Waals surface area contributed by atoms with Gasteiger partial charge >= 0.3 is 0 Å². The Labute approximate surface area is 111 Å². The second kappa shape index (κ2) is 6.33. The van der Waals surface area contributed by atoms with Crippen molar-refractivity contribution in [2.45, 2.75) is 56.7 Å². The van der Waals surface area contributed by atoms with Crippen LogP contribution in [-0.2, 0) is 4.74 Å². The summed E-state index contributed by atoms with van der Waals surface area (Å²) in [5, 5.41) is 13.1. The number of hydrogen-bond acceptors (Lipinski definition) is 4. The van der Waals surface area contributed by atoms with E-state index in [0.717, 1.165) is 32.5 Å². The van der Waals surface area contributed by atoms with Gasteiger partial charge < -0.3 is 20.1 Å². The summed E-state index contributed by atoms with van der Waals surface area (Å²) in [5.41, 5.74) is -0.0375. The summed E-state index contributed by atoms with van der Waals surface area (Å²) in [6.07, 6.45) is 6.16. The number of aliphatic hydroxyl groups is 1. The van der Waals surface area contributed by atoms with E-state index in [9.17, 15) is 5.11 Å². The topological polar surface area (TPSA) is 44.7 Å². The molecule has 0 bridgehead atoms. The molecule has 1 aliphatic heterocycles. The normalized spacial score (nSPS) is 36.7. The van der Waals surface area contributed by atoms with Gasteiger partial charge in [0.05, 0.1) is 12.7 Å². The predicted octanol–water partition coefficient (Wildman–Crippen LogP) is 0.990. The van der Waals surface area contributed by atoms with Gasteiger partial charge in [0.25, 0.3) is 0 Å². The average molecular weight is 256 g/mol. The highest BCUT2D eigenvalue weighted by Gasteiger charge is 2.39. The average Bonchev–Trinajstić information content (AvgIpc) is 2.99. The summed E-state index contributed by atoms with van der Waals surface area (Å²) in [5.74, 6) is 0. The first kappa shape index (κ1) is 14.3. The van der Waals surface area contributed by atoms with Gasteiger partial charge in [-0.1, -0.05) is 6.92 Å². The second-order valence-corrected chi connectivity index (χ2v) is 5.94. The maximum absolute atomic E-state index is 9.63. The number of aliphatic hydroxyl groups excluding tert-OH is 1. The fourth-order valence-corrected chi connectivity index (χ4v) is 3.47. The van der Waals surface area contributed by atoms with E-state index in [1.54, 1.807) is 0 Å². The zero-order valence-corrected chi connectivity index (χ0v) is 11.8. The molecule has 0 aromatic heterocycles. The van der Waals surface area contributed by atoms with Crippen molar-refractivity contribution in [3.8, 4) is 0 Å². The molecular formula is C14H28N2O2. The molecule has 1 saturated heterocycles. The molecule has 0 spiro atoms. The summed E-state index contributed by atoms with van der Waals surface area (Å²) < 4.78 is 5.70. The highest BCUT2D eigenvalue weighted by atomic mass is 16.5. The van der Waals surface area contributed by atoms with Crippen LogP contribution >= 0.6 is 0 Å². The van der Waals surface area contributed by atoms with Crippen molar-refractivity contribution < 1.29 is 9.84 Å². The van der Waals surface area contributed by atoms with Crippen molar-refractivity contribution >= 4 is 0 Å². The van der Waals surface area contributed by atoms with E-state index in [-0.39, 0.29) is 12.1 Å². The first-order valence-corrected chi connectivity index (χ1v) is 7.37. The maximum atomic E-state index is 9.63. The molecular weight excluding hydrogens is 228 g/mol. The lowest BCUT2D eigenvalue weighted by Gasteiger charge is -2.31. The van der Waals surface area contributed by atoms with Gasteiger partial charge in [-0.15, -0.1) is 0 Å². The Morgan fingerprint density at radius 1 is 1.44 bits per heavy atom. The second-order valence-electron chi connectivity index (χ2n) is 5.94. The van der Waals surface area contributed by atoms with Crippen molar-refractivity contribution in [1.82, 2.24) is 10.2 Å². The third kappa shape index (κ3) is 3.23. The van der Waals surface area contributed by atoms with Crippen molar-refractivity contribution in [3.63, 3.8) is 0 Å². The number of hydrogen-bond donors (Lipinski definition) is 2. The molecule has 18 heavy (non-hydrogen) atoms. The number of nitrogens with one attached hydrogen (secondary N) is 1. The molecule has 0 radical (unpaired) electrons.